The number of aliphatic carboxylic acids is 1. The molecule has 3 heterocycles. The number of likely N-dealkylation sites (N-methyl/N-ethyl adjacent to an activating group) is 4. The van der Waals surface area contributed by atoms with Crippen LogP contribution in [-0.4, -0.2) is 253 Å². The van der Waals surface area contributed by atoms with E-state index in [1.54, 1.807) is 62.9 Å². The Labute approximate surface area is 700 Å². The maximum Gasteiger partial charge on any atom is 0.325 e. The highest BCUT2D eigenvalue weighted by molar-refractivity contribution is 8.13. The molecule has 0 aromatic heterocycles. The van der Waals surface area contributed by atoms with E-state index in [1.807, 2.05) is 12.5 Å². The van der Waals surface area contributed by atoms with Gasteiger partial charge in [0.2, 0.25) is 47.4 Å². The molecule has 1 fully saturated rings. The van der Waals surface area contributed by atoms with Gasteiger partial charge < -0.3 is 54.7 Å². The number of nitrogens with one attached hydrogen (secondary N) is 6. The van der Waals surface area contributed by atoms with Crippen LogP contribution < -0.4 is 32.3 Å². The van der Waals surface area contributed by atoms with Crippen molar-refractivity contribution in [1.29, 1.82) is 5.41 Å². The first-order valence-corrected chi connectivity index (χ1v) is 32.3. The number of carbonyl (C=O) groups is 10. The number of amidine groups is 2. The molecule has 0 saturated carbocycles. The second-order valence-electron chi connectivity index (χ2n) is 17.8. The number of esters is 4. The van der Waals surface area contributed by atoms with Crippen LogP contribution >= 0.6 is 36.2 Å². The number of cyclic esters (lactones) is 3. The van der Waals surface area contributed by atoms with Crippen LogP contribution in [0.2, 0.25) is 0 Å². The van der Waals surface area contributed by atoms with Crippen molar-refractivity contribution in [1.82, 2.24) is 46.2 Å². The molecule has 0 aromatic rings. The Morgan fingerprint density at radius 1 is 0.600 bits per heavy atom. The summed E-state index contributed by atoms with van der Waals surface area (Å²) in [7, 11) is 7.32. The Balaban J connectivity index is -0.0000000600. The molecule has 3 rings (SSSR count). The highest BCUT2D eigenvalue weighted by Crippen LogP contribution is 2.04. The topological polar surface area (TPSA) is 413 Å². The molecule has 31 nitrogen and oxygen atoms in total. The van der Waals surface area contributed by atoms with Gasteiger partial charge in [-0.25, -0.2) is 0 Å². The molecule has 0 spiro atoms. The van der Waals surface area contributed by atoms with Gasteiger partial charge in [-0.2, -0.15) is 12.6 Å². The van der Waals surface area contributed by atoms with Crippen LogP contribution in [0.1, 0.15) is 210 Å². The van der Waals surface area contributed by atoms with Crippen molar-refractivity contribution in [3.05, 3.63) is 74.9 Å². The highest BCUT2D eigenvalue weighted by Gasteiger charge is 2.18. The van der Waals surface area contributed by atoms with Gasteiger partial charge in [0.15, 0.2) is 16.3 Å². The number of rotatable bonds is 13. The summed E-state index contributed by atoms with van der Waals surface area (Å²) in [6, 6.07) is 0. The summed E-state index contributed by atoms with van der Waals surface area (Å²) in [5.41, 5.74) is 5.19. The maximum absolute atomic E-state index is 11.7. The molecule has 1 saturated heterocycles. The van der Waals surface area contributed by atoms with Crippen molar-refractivity contribution in [3.8, 4) is 0 Å². The molecule has 34 heteroatoms. The lowest BCUT2D eigenvalue weighted by Crippen LogP contribution is -2.44. The van der Waals surface area contributed by atoms with Gasteiger partial charge in [-0.05, 0) is 70.1 Å². The van der Waals surface area contributed by atoms with Crippen LogP contribution in [0.4, 0.5) is 0 Å². The number of thiol groups is 1. The average Bonchev–Trinajstić information content (AvgIpc) is 0.866. The number of nitrogens with two attached hydrogens (primary N) is 1. The fourth-order valence-corrected chi connectivity index (χ4v) is 6.29. The number of hydrogen-bond acceptors (Lipinski definition) is 23. The van der Waals surface area contributed by atoms with Gasteiger partial charge in [-0.15, -0.1) is 19.7 Å². The summed E-state index contributed by atoms with van der Waals surface area (Å²) >= 11 is 6.40. The number of hydrogen-bond donors (Lipinski definition) is 9. The number of thioether (sulfide) groups is 2. The zero-order valence-corrected chi connectivity index (χ0v) is 58.6. The molecular formula is C76H162N16O15S3. The van der Waals surface area contributed by atoms with Gasteiger partial charge in [0, 0.05) is 118 Å². The van der Waals surface area contributed by atoms with Gasteiger partial charge in [0.1, 0.15) is 46.0 Å². The normalized spacial score (nSPS) is 16.5. The maximum atomic E-state index is 11.7. The largest absolute Gasteiger partial charge is 0.481 e. The highest BCUT2D eigenvalue weighted by atomic mass is 32.2. The smallest absolute Gasteiger partial charge is 0.325 e. The number of carbonyl (C=O) groups excluding carboxylic acids is 9. The first-order chi connectivity index (χ1) is 50.6. The molecule has 0 aliphatic carbocycles. The van der Waals surface area contributed by atoms with E-state index >= 15 is 0 Å². The third-order valence-electron chi connectivity index (χ3n) is 10.4. The second-order valence-corrected chi connectivity index (χ2v) is 19.5. The molecule has 110 heavy (non-hydrogen) atoms. The van der Waals surface area contributed by atoms with Crippen molar-refractivity contribution in [2.45, 2.75) is 194 Å². The van der Waals surface area contributed by atoms with Gasteiger partial charge in [-0.3, -0.25) is 99.6 Å². The fraction of sp³-hybridized carbons (Fsp3) is 0.632. The molecule has 0 atom stereocenters. The summed E-state index contributed by atoms with van der Waals surface area (Å²) in [4.78, 5) is 135. The van der Waals surface area contributed by atoms with Crippen LogP contribution in [0.3, 0.4) is 0 Å². The van der Waals surface area contributed by atoms with Gasteiger partial charge >= 0.3 is 29.8 Å². The summed E-state index contributed by atoms with van der Waals surface area (Å²) in [5.74, 6) is -6.42. The molecule has 0 unspecified atom stereocenters. The molecule has 5 amide bonds. The molecule has 3 aliphatic rings. The molecular weight excluding hydrogens is 1470 g/mol. The Bertz CT molecular complexity index is 3000. The van der Waals surface area contributed by atoms with Crippen LogP contribution in [-0.2, 0) is 66.9 Å². The van der Waals surface area contributed by atoms with E-state index in [0.717, 1.165) is 16.2 Å². The average molecular weight is 1650 g/mol. The van der Waals surface area contributed by atoms with Crippen molar-refractivity contribution in [2.75, 3.05) is 135 Å². The van der Waals surface area contributed by atoms with Crippen LogP contribution in [0.5, 0.6) is 0 Å². The number of allylic oxidation sites excluding steroid dienone is 5. The predicted octanol–water partition coefficient (Wildman–Crippen LogP) is 12.8. The Hall–Kier alpha value is -8.79. The Morgan fingerprint density at radius 2 is 1.02 bits per heavy atom. The number of nitrogens with zero attached hydrogens (tertiary/aromatic N) is 9. The number of guanidine groups is 4. The van der Waals surface area contributed by atoms with Gasteiger partial charge in [0.05, 0.1) is 6.61 Å². The molecule has 0 aromatic carbocycles. The van der Waals surface area contributed by atoms with Crippen molar-refractivity contribution in [2.24, 2.45) is 30.7 Å². The SMILES string of the molecule is C.C.C.C.C.C.C.C.C.C.C.C.C.C.C=CCCC(=O)NC(=NC)SC.C=CCCC(=O)O.CN=C(N)SC.CS.[2H]C([2H])([2H])N(CC(=O)OCC=C)C(=NC)NC(=O)CCC=C.[2H]C([2H])([2H])N1CC(=O)OC/C=C\CCC(=O)NC1=NC.[2H]C([2H])([2H])N1CC(=O)OC/C=C\CCC(=O)NC1=NC.[2H]C([2H])([2H])N1CC(=O)OCCCCCC(=O)NC1=N. The molecule has 9 N–H and O–H groups in total. The lowest BCUT2D eigenvalue weighted by molar-refractivity contribution is -0.144. The van der Waals surface area contributed by atoms with E-state index in [-0.39, 0.29) is 198 Å². The third kappa shape index (κ3) is 95.3. The number of ether oxygens (including phenoxy) is 4. The lowest BCUT2D eigenvalue weighted by Gasteiger charge is -2.20. The fourth-order valence-electron chi connectivity index (χ4n) is 5.71. The van der Waals surface area contributed by atoms with Gasteiger partial charge in [0.25, 0.3) is 0 Å². The minimum atomic E-state index is -2.69. The Kier molecular flexibility index (Phi) is 109. The monoisotopic (exact) mass is 1650 g/mol. The standard InChI is InChI=1S/C13H21N3O3.2C11H17N3O3.C10H17N3O3.C8H14N2OS.C5H8O2.C3H8N2S.CH4S.14CH4/c1-5-7-8-11(17)15-13(14-3)16(4)10-12(18)19-9-6-2;2*1-12-11-13-9(15)6-4-3-5-7-17-10(16)8-14(11)2;1-13-7-9(15)16-6-4-2-3-5-8(14)12-10(13)11;1-4-5-6-7(11)10-8(9-2)12-3;1-2-3-4-5(6)7;1-5-3(4)6-2;1-2;;;;;;;;;;;;;;/h5-6H,1-2,7-10H2,3-4H3,(H,14,15,17);2*3,5H,4,6-8H2,1-2H3,(H,12,13,15);2-7H2,1H3,(H2,11,12,14);4H,1,5-6H2,2-3H3,(H,9,10,11);2H,1,3-4H2,(H,6,7);1-2H3,(H2,4,5);2H,1H3;14*1H4/b;2*5-3-;;;;;;;;;;;;;;;;;;;/i4D3;2*2D3;1D3;;;;;;;;;;;;;;;;;;. The van der Waals surface area contributed by atoms with Gasteiger partial charge in [-0.1, -0.05) is 183 Å². The number of aliphatic imine (C=N–C) groups is 5. The summed E-state index contributed by atoms with van der Waals surface area (Å²) in [6.07, 6.45) is 24.4. The van der Waals surface area contributed by atoms with Crippen LogP contribution in [0.25, 0.3) is 0 Å². The van der Waals surface area contributed by atoms with E-state index in [9.17, 15) is 47.9 Å². The minimum Gasteiger partial charge on any atom is -0.481 e. The predicted molar refractivity (Wildman–Crippen MR) is 481 cm³/mol. The second kappa shape index (κ2) is 104. The quantitative estimate of drug-likeness (QED) is 0.0206. The Morgan fingerprint density at radius 3 is 1.36 bits per heavy atom. The summed E-state index contributed by atoms with van der Waals surface area (Å²) in [5, 5.41) is 28.9. The number of carboxylic acids is 1. The van der Waals surface area contributed by atoms with E-state index in [0.29, 0.717) is 71.5 Å². The number of amides is 5. The first-order valence-electron chi connectivity index (χ1n) is 35.0. The minimum absolute atomic E-state index is 0. The van der Waals surface area contributed by atoms with Crippen LogP contribution in [0.15, 0.2) is 99.9 Å². The molecule has 3 aliphatic heterocycles. The van der Waals surface area contributed by atoms with Crippen molar-refractivity contribution in [3.63, 3.8) is 0 Å². The molecule has 0 radical (unpaired) electrons. The number of carboxylic acid groups (broad SMARTS) is 1. The van der Waals surface area contributed by atoms with Crippen molar-refractivity contribution < 1.29 is 88.4 Å². The molecule has 0 bridgehead atoms. The third-order valence-corrected chi connectivity index (χ3v) is 11.7. The van der Waals surface area contributed by atoms with E-state index in [2.05, 4.69) is 90.5 Å². The molecule has 654 valence electrons. The van der Waals surface area contributed by atoms with E-state index < -0.39 is 102 Å². The van der Waals surface area contributed by atoms with E-state index in [1.165, 1.54) is 50.7 Å². The summed E-state index contributed by atoms with van der Waals surface area (Å²) in [6.45, 7) is 1.30. The first kappa shape index (κ1) is 115. The zero-order chi connectivity index (χ0) is 84.1. The lowest BCUT2D eigenvalue weighted by atomic mass is 10.2. The van der Waals surface area contributed by atoms with Crippen molar-refractivity contribution >= 4 is 130 Å². The van der Waals surface area contributed by atoms with Crippen LogP contribution in [0, 0.1) is 5.41 Å². The summed E-state index contributed by atoms with van der Waals surface area (Å²) < 4.78 is 108. The zero-order valence-electron chi connectivity index (χ0n) is 68.0. The van der Waals surface area contributed by atoms with E-state index in [4.69, 9.17) is 51.6 Å².